The van der Waals surface area contributed by atoms with E-state index in [1.54, 1.807) is 104 Å². The van der Waals surface area contributed by atoms with Gasteiger partial charge in [-0.2, -0.15) is 0 Å². The molecule has 0 N–H and O–H groups in total. The van der Waals surface area contributed by atoms with Crippen molar-refractivity contribution < 1.29 is 36.7 Å². The highest BCUT2D eigenvalue weighted by atomic mass is 19.1. The fraction of sp³-hybridized carbons (Fsp3) is 0.256. The van der Waals surface area contributed by atoms with Crippen LogP contribution in [-0.2, 0) is 73.6 Å². The molecule has 25 heteroatoms. The van der Waals surface area contributed by atoms with Crippen LogP contribution in [0.15, 0.2) is 266 Å². The first kappa shape index (κ1) is 95.3. The third-order valence-electron chi connectivity index (χ3n) is 32.0. The molecule has 0 bridgehead atoms. The first-order valence-corrected chi connectivity index (χ1v) is 49.1. The molecule has 0 aliphatic heterocycles. The quantitative estimate of drug-likeness (QED) is 0.101. The summed E-state index contributed by atoms with van der Waals surface area (Å²) < 4.78 is 62.5. The monoisotopic (exact) mass is 1930 g/mol. The van der Waals surface area contributed by atoms with Gasteiger partial charge in [0.05, 0.1) is 88.4 Å². The van der Waals surface area contributed by atoms with Crippen LogP contribution >= 0.6 is 0 Å². The number of ketones is 4. The van der Waals surface area contributed by atoms with Crippen molar-refractivity contribution in [1.29, 1.82) is 0 Å². The van der Waals surface area contributed by atoms with Crippen LogP contribution in [0.5, 0.6) is 0 Å². The summed E-state index contributed by atoms with van der Waals surface area (Å²) in [6.07, 6.45) is 19.8. The average molecular weight is 1930 g/mol. The Bertz CT molecular complexity index is 8630. The van der Waals surface area contributed by atoms with E-state index in [0.717, 1.165) is 148 Å². The number of carbonyl (C=O) groups excluding carboxylic acids is 4. The molecule has 0 saturated carbocycles. The summed E-state index contributed by atoms with van der Waals surface area (Å²) in [6.45, 7) is 50.3. The summed E-state index contributed by atoms with van der Waals surface area (Å²) in [5.74, 6) is -1.11. The van der Waals surface area contributed by atoms with E-state index in [1.807, 2.05) is 169 Å². The number of pyridine rings is 4. The van der Waals surface area contributed by atoms with Crippen LogP contribution in [-0.4, -0.2) is 87.5 Å². The standard InChI is InChI=1S/2C31H25FN4O.C30H23FN4O.C29H24FN5O/c1-17-15-22(19-9-6-8-12-25(19)34-17)30-35-27(20-10-5-7-11-24(20)32)21-13-14-23-18(2)28(37)26(33-4)16-31(23,3)29(21)36-30;1-17-8-7-10-19-20(14-15-34-26(17)19)30-35-27(21-9-5-6-11-24(21)32)22-12-13-23-18(2)28(37)25(33-4)16-31(23,3)29(22)36-30;1-17-22-14-13-21-26(20-8-4-5-11-23(20)31)34-29(19-9-6-12-24-18(19)10-7-15-33-24)35-28(21)30(22,2)16-25(32-3)27(17)36;1-16-21-12-11-19-24(18-8-5-6-10-22(18)30)33-27(20-15-35(4)28-17(20)9-7-13-32-28)34-26(19)29(21,2)14-23(31-3)25(16)36/h5-12,15-16,18,23H,13-14H2,1-3H3;5-11,14-16,18,23H,12-13H2,1-3H3;4-12,15-17,22H,13-14H2,1-2H3;5-10,13-16,21H,11-12H2,1-2,4H3/t2*18-,23-,31-;17-,22-,30-;16-,21-,29-/m1111/s1. The van der Waals surface area contributed by atoms with Gasteiger partial charge in [0.15, 0.2) is 46.4 Å². The Labute approximate surface area is 841 Å². The number of benzene rings is 7. The first-order chi connectivity index (χ1) is 70.4. The zero-order chi connectivity index (χ0) is 102. The number of aryl methyl sites for hydroxylation is 3. The van der Waals surface area contributed by atoms with Gasteiger partial charge in [-0.3, -0.25) is 15.0 Å². The summed E-state index contributed by atoms with van der Waals surface area (Å²) >= 11 is 0. The molecule has 9 heterocycles. The number of halogens is 4. The summed E-state index contributed by atoms with van der Waals surface area (Å²) in [5, 5.41) is 3.64. The predicted molar refractivity (Wildman–Crippen MR) is 553 cm³/mol. The van der Waals surface area contributed by atoms with Crippen molar-refractivity contribution in [3.05, 3.63) is 391 Å². The van der Waals surface area contributed by atoms with Crippen LogP contribution in [0.1, 0.15) is 137 Å². The minimum absolute atomic E-state index is 0.00611. The average Bonchev–Trinajstić information content (AvgIpc) is 0.732. The molecule has 0 saturated heterocycles. The van der Waals surface area contributed by atoms with E-state index in [4.69, 9.17) is 66.2 Å². The van der Waals surface area contributed by atoms with Crippen LogP contribution in [0.25, 0.3) is 154 Å². The molecule has 9 aromatic heterocycles. The van der Waals surface area contributed by atoms with Crippen LogP contribution < -0.4 is 0 Å². The molecular formula is C121H97F4N17O4. The number of hydrogen-bond acceptors (Lipinski definition) is 16. The van der Waals surface area contributed by atoms with Gasteiger partial charge in [0.2, 0.25) is 22.8 Å². The predicted octanol–water partition coefficient (Wildman–Crippen LogP) is 25.3. The van der Waals surface area contributed by atoms with Crippen LogP contribution in [0.3, 0.4) is 0 Å². The molecule has 12 atom stereocenters. The molecule has 718 valence electrons. The topological polar surface area (TPSA) is 245 Å². The summed E-state index contributed by atoms with van der Waals surface area (Å²) in [4.78, 5) is 124. The molecule has 0 radical (unpaired) electrons. The zero-order valence-corrected chi connectivity index (χ0v) is 82.1. The number of nitrogens with zero attached hydrogens (tertiary/aromatic N) is 17. The molecule has 0 unspecified atom stereocenters. The van der Waals surface area contributed by atoms with E-state index < -0.39 is 21.7 Å². The molecule has 24 rings (SSSR count). The second-order valence-corrected chi connectivity index (χ2v) is 40.3. The fourth-order valence-corrected chi connectivity index (χ4v) is 24.7. The first-order valence-electron chi connectivity index (χ1n) is 49.1. The van der Waals surface area contributed by atoms with E-state index in [2.05, 4.69) is 67.0 Å². The maximum absolute atomic E-state index is 15.2. The van der Waals surface area contributed by atoms with Crippen LogP contribution in [0.2, 0.25) is 0 Å². The molecule has 146 heavy (non-hydrogen) atoms. The number of hydrogen-bond donors (Lipinski definition) is 0. The minimum Gasteiger partial charge on any atom is -0.335 e. The van der Waals surface area contributed by atoms with Gasteiger partial charge in [0, 0.05) is 171 Å². The lowest BCUT2D eigenvalue weighted by Crippen LogP contribution is -2.46. The lowest BCUT2D eigenvalue weighted by molar-refractivity contribution is -0.122. The maximum atomic E-state index is 15.2. The van der Waals surface area contributed by atoms with Gasteiger partial charge in [0.1, 0.15) is 28.9 Å². The SMILES string of the molecule is [C-]#[N+]C1=C[C@@]2(C)c3nc(-c4cc(C)nc5ccccc45)nc(-c4ccccc4F)c3CC[C@@H]2[C@@H](C)C1=O.[C-]#[N+]C1=C[C@@]2(C)c3nc(-c4cccc5ncccc45)nc(-c4ccccc4F)c3CC[C@@H]2[C@@H](C)C1=O.[C-]#[N+]C1=C[C@@]2(C)c3nc(-c4ccnc5c(C)cccc45)nc(-c4ccccc4F)c3CC[C@@H]2[C@@H](C)C1=O.[C-]#[N+]C1=C[C@@]2(C)c3nc(-c4cn(C)c5ncccc45)nc(-c4ccccc4F)c3CC[C@@H]2[C@@H](C)C1=O. The van der Waals surface area contributed by atoms with Crippen molar-refractivity contribution in [2.45, 2.75) is 142 Å². The zero-order valence-electron chi connectivity index (χ0n) is 82.1. The Morgan fingerprint density at radius 3 is 1.05 bits per heavy atom. The molecular weight excluding hydrogens is 1830 g/mol. The largest absolute Gasteiger partial charge is 0.335 e. The van der Waals surface area contributed by atoms with Gasteiger partial charge in [0.25, 0.3) is 0 Å². The smallest absolute Gasteiger partial charge is 0.226 e. The van der Waals surface area contributed by atoms with E-state index in [-0.39, 0.29) is 117 Å². The number of fused-ring (bicyclic) bond motifs is 16. The maximum Gasteiger partial charge on any atom is 0.226 e. The fourth-order valence-electron chi connectivity index (χ4n) is 24.7. The molecule has 8 aliphatic carbocycles. The summed E-state index contributed by atoms with van der Waals surface area (Å²) in [6, 6.07) is 57.9. The minimum atomic E-state index is -0.656. The van der Waals surface area contributed by atoms with E-state index in [1.165, 1.54) is 24.3 Å². The van der Waals surface area contributed by atoms with Gasteiger partial charge >= 0.3 is 0 Å². The Balaban J connectivity index is 0.000000114. The second-order valence-electron chi connectivity index (χ2n) is 40.3. The Morgan fingerprint density at radius 1 is 0.329 bits per heavy atom. The molecule has 0 spiro atoms. The number of rotatable bonds is 8. The van der Waals surface area contributed by atoms with Crippen molar-refractivity contribution in [2.75, 3.05) is 0 Å². The third kappa shape index (κ3) is 15.8. The Morgan fingerprint density at radius 2 is 0.651 bits per heavy atom. The highest BCUT2D eigenvalue weighted by Gasteiger charge is 2.55. The molecule has 16 aromatic rings. The molecule has 7 aromatic carbocycles. The highest BCUT2D eigenvalue weighted by molar-refractivity contribution is 6.04. The normalized spacial score (nSPS) is 22.8. The van der Waals surface area contributed by atoms with Crippen molar-refractivity contribution in [1.82, 2.24) is 64.4 Å². The number of allylic oxidation sites excluding steroid dienone is 8. The van der Waals surface area contributed by atoms with Crippen molar-refractivity contribution in [3.63, 3.8) is 0 Å². The molecule has 21 nitrogen and oxygen atoms in total. The van der Waals surface area contributed by atoms with Gasteiger partial charge in [-0.15, -0.1) is 0 Å². The van der Waals surface area contributed by atoms with Gasteiger partial charge in [-0.05, 0) is 185 Å². The van der Waals surface area contributed by atoms with Crippen molar-refractivity contribution >= 4 is 66.9 Å². The van der Waals surface area contributed by atoms with E-state index in [0.29, 0.717) is 94.0 Å². The van der Waals surface area contributed by atoms with E-state index in [9.17, 15) is 19.2 Å². The van der Waals surface area contributed by atoms with E-state index >= 15 is 17.6 Å². The highest BCUT2D eigenvalue weighted by Crippen LogP contribution is 2.58. The van der Waals surface area contributed by atoms with Crippen molar-refractivity contribution in [2.24, 2.45) is 54.4 Å². The summed E-state index contributed by atoms with van der Waals surface area (Å²) in [7, 11) is 1.92. The third-order valence-corrected chi connectivity index (χ3v) is 32.0. The van der Waals surface area contributed by atoms with Crippen LogP contribution in [0.4, 0.5) is 17.6 Å². The van der Waals surface area contributed by atoms with Gasteiger partial charge < -0.3 is 23.7 Å². The van der Waals surface area contributed by atoms with Gasteiger partial charge in [-0.1, -0.05) is 183 Å². The Hall–Kier alpha value is -16.9. The second kappa shape index (κ2) is 37.1. The van der Waals surface area contributed by atoms with Crippen LogP contribution in [0, 0.1) is 111 Å². The lowest BCUT2D eigenvalue weighted by atomic mass is 9.58. The summed E-state index contributed by atoms with van der Waals surface area (Å²) in [5.41, 5.74) is 17.0. The number of para-hydroxylation sites is 2. The number of Topliss-reactive ketones (excluding diaryl/α,β-unsaturated/α-hetero) is 4. The Kier molecular flexibility index (Phi) is 24.2. The number of carbonyl (C=O) groups is 4. The lowest BCUT2D eigenvalue weighted by Gasteiger charge is -2.46. The number of aromatic nitrogens is 13. The van der Waals surface area contributed by atoms with Crippen molar-refractivity contribution in [3.8, 4) is 90.6 Å². The molecule has 0 amide bonds. The molecule has 0 fully saturated rings. The molecule has 8 aliphatic rings. The van der Waals surface area contributed by atoms with Gasteiger partial charge in [-0.25, -0.2) is 81.8 Å².